The molecule has 0 atom stereocenters. The second-order valence-electron chi connectivity index (χ2n) is 6.44. The van der Waals surface area contributed by atoms with E-state index in [-0.39, 0.29) is 5.41 Å². The minimum absolute atomic E-state index is 0.117. The standard InChI is InChI=1S/C16H25N3/c1-11(2)9-15-18-13-6-5-12(10-14(13)19-15)16(3,4)7-8-17/h5-6,10-11H,7-9,17H2,1-4H3,(H,18,19). The van der Waals surface area contributed by atoms with Crippen molar-refractivity contribution in [1.29, 1.82) is 0 Å². The first kappa shape index (κ1) is 14.1. The molecule has 0 aliphatic heterocycles. The van der Waals surface area contributed by atoms with E-state index in [0.29, 0.717) is 12.5 Å². The van der Waals surface area contributed by atoms with Crippen LogP contribution >= 0.6 is 0 Å². The Morgan fingerprint density at radius 1 is 1.32 bits per heavy atom. The van der Waals surface area contributed by atoms with Crippen molar-refractivity contribution in [3.05, 3.63) is 29.6 Å². The lowest BCUT2D eigenvalue weighted by Crippen LogP contribution is -2.21. The van der Waals surface area contributed by atoms with E-state index in [2.05, 4.69) is 55.9 Å². The van der Waals surface area contributed by atoms with Gasteiger partial charge < -0.3 is 10.7 Å². The zero-order chi connectivity index (χ0) is 14.0. The Bertz CT molecular complexity index is 552. The van der Waals surface area contributed by atoms with Crippen LogP contribution in [0.2, 0.25) is 0 Å². The number of rotatable bonds is 5. The molecule has 0 unspecified atom stereocenters. The fourth-order valence-electron chi connectivity index (χ4n) is 2.47. The highest BCUT2D eigenvalue weighted by Crippen LogP contribution is 2.28. The molecule has 0 spiro atoms. The molecule has 3 N–H and O–H groups in total. The third-order valence-electron chi connectivity index (χ3n) is 3.68. The van der Waals surface area contributed by atoms with E-state index >= 15 is 0 Å². The van der Waals surface area contributed by atoms with Gasteiger partial charge in [-0.15, -0.1) is 0 Å². The number of hydrogen-bond donors (Lipinski definition) is 2. The van der Waals surface area contributed by atoms with Crippen LogP contribution in [0.3, 0.4) is 0 Å². The van der Waals surface area contributed by atoms with Crippen molar-refractivity contribution < 1.29 is 0 Å². The Kier molecular flexibility index (Phi) is 3.95. The van der Waals surface area contributed by atoms with Gasteiger partial charge in [0.15, 0.2) is 0 Å². The van der Waals surface area contributed by atoms with Crippen molar-refractivity contribution in [2.24, 2.45) is 11.7 Å². The highest BCUT2D eigenvalue weighted by molar-refractivity contribution is 5.76. The van der Waals surface area contributed by atoms with Crippen molar-refractivity contribution >= 4 is 11.0 Å². The van der Waals surface area contributed by atoms with Crippen LogP contribution in [0.4, 0.5) is 0 Å². The zero-order valence-electron chi connectivity index (χ0n) is 12.5. The minimum atomic E-state index is 0.117. The molecule has 2 rings (SSSR count). The van der Waals surface area contributed by atoms with Gasteiger partial charge in [0.05, 0.1) is 11.0 Å². The largest absolute Gasteiger partial charge is 0.342 e. The number of nitrogens with two attached hydrogens (primary N) is 1. The zero-order valence-corrected chi connectivity index (χ0v) is 12.5. The summed E-state index contributed by atoms with van der Waals surface area (Å²) in [6.07, 6.45) is 1.99. The van der Waals surface area contributed by atoms with Crippen LogP contribution in [0, 0.1) is 5.92 Å². The average Bonchev–Trinajstić information content (AvgIpc) is 2.68. The first-order valence-corrected chi connectivity index (χ1v) is 7.11. The molecule has 0 radical (unpaired) electrons. The Balaban J connectivity index is 2.35. The normalized spacial score (nSPS) is 12.5. The van der Waals surface area contributed by atoms with E-state index < -0.39 is 0 Å². The van der Waals surface area contributed by atoms with Crippen molar-refractivity contribution in [1.82, 2.24) is 9.97 Å². The van der Waals surface area contributed by atoms with Crippen LogP contribution in [0.25, 0.3) is 11.0 Å². The molecule has 3 nitrogen and oxygen atoms in total. The molecule has 0 aliphatic carbocycles. The minimum Gasteiger partial charge on any atom is -0.342 e. The predicted octanol–water partition coefficient (Wildman–Crippen LogP) is 3.39. The van der Waals surface area contributed by atoms with Crippen molar-refractivity contribution in [2.75, 3.05) is 6.54 Å². The Morgan fingerprint density at radius 2 is 2.05 bits per heavy atom. The highest BCUT2D eigenvalue weighted by atomic mass is 14.9. The number of imidazole rings is 1. The van der Waals surface area contributed by atoms with Crippen LogP contribution in [0.5, 0.6) is 0 Å². The lowest BCUT2D eigenvalue weighted by Gasteiger charge is -2.24. The van der Waals surface area contributed by atoms with Gasteiger partial charge in [-0.3, -0.25) is 0 Å². The number of H-pyrrole nitrogens is 1. The first-order valence-electron chi connectivity index (χ1n) is 7.11. The molecule has 1 aromatic heterocycles. The summed E-state index contributed by atoms with van der Waals surface area (Å²) < 4.78 is 0. The van der Waals surface area contributed by atoms with Gasteiger partial charge in [0.1, 0.15) is 5.82 Å². The number of nitrogens with one attached hydrogen (secondary N) is 1. The molecule has 1 heterocycles. The summed E-state index contributed by atoms with van der Waals surface area (Å²) in [5, 5.41) is 0. The van der Waals surface area contributed by atoms with Gasteiger partial charge in [0.2, 0.25) is 0 Å². The first-order chi connectivity index (χ1) is 8.92. The molecule has 0 aliphatic rings. The third-order valence-corrected chi connectivity index (χ3v) is 3.68. The fourth-order valence-corrected chi connectivity index (χ4v) is 2.47. The van der Waals surface area contributed by atoms with Gasteiger partial charge in [0, 0.05) is 6.42 Å². The maximum Gasteiger partial charge on any atom is 0.107 e. The van der Waals surface area contributed by atoms with E-state index in [4.69, 9.17) is 5.73 Å². The van der Waals surface area contributed by atoms with E-state index in [9.17, 15) is 0 Å². The quantitative estimate of drug-likeness (QED) is 0.864. The van der Waals surface area contributed by atoms with Gasteiger partial charge in [0.25, 0.3) is 0 Å². The third kappa shape index (κ3) is 3.16. The monoisotopic (exact) mass is 259 g/mol. The summed E-state index contributed by atoms with van der Waals surface area (Å²) in [7, 11) is 0. The Morgan fingerprint density at radius 3 is 2.68 bits per heavy atom. The van der Waals surface area contributed by atoms with Crippen molar-refractivity contribution in [3.8, 4) is 0 Å². The number of aromatic amines is 1. The van der Waals surface area contributed by atoms with Crippen LogP contribution in [-0.2, 0) is 11.8 Å². The molecule has 2 aromatic rings. The van der Waals surface area contributed by atoms with Gasteiger partial charge in [-0.25, -0.2) is 4.98 Å². The van der Waals surface area contributed by atoms with Crippen molar-refractivity contribution in [2.45, 2.75) is 46.0 Å². The fraction of sp³-hybridized carbons (Fsp3) is 0.562. The Hall–Kier alpha value is -1.35. The van der Waals surface area contributed by atoms with E-state index in [1.165, 1.54) is 5.56 Å². The van der Waals surface area contributed by atoms with Gasteiger partial charge in [-0.05, 0) is 42.0 Å². The molecule has 1 aromatic carbocycles. The smallest absolute Gasteiger partial charge is 0.107 e. The number of hydrogen-bond acceptors (Lipinski definition) is 2. The summed E-state index contributed by atoms with van der Waals surface area (Å²) in [5.74, 6) is 1.70. The van der Waals surface area contributed by atoms with Crippen LogP contribution in [0.15, 0.2) is 18.2 Å². The van der Waals surface area contributed by atoms with Gasteiger partial charge in [-0.1, -0.05) is 33.8 Å². The lowest BCUT2D eigenvalue weighted by molar-refractivity contribution is 0.488. The average molecular weight is 259 g/mol. The number of nitrogens with zero attached hydrogens (tertiary/aromatic N) is 1. The van der Waals surface area contributed by atoms with Crippen LogP contribution in [0.1, 0.15) is 45.5 Å². The molecule has 3 heteroatoms. The number of aromatic nitrogens is 2. The summed E-state index contributed by atoms with van der Waals surface area (Å²) >= 11 is 0. The molecular weight excluding hydrogens is 234 g/mol. The molecule has 0 saturated carbocycles. The topological polar surface area (TPSA) is 54.7 Å². The highest BCUT2D eigenvalue weighted by Gasteiger charge is 2.20. The van der Waals surface area contributed by atoms with Crippen LogP contribution < -0.4 is 5.73 Å². The number of benzene rings is 1. The second kappa shape index (κ2) is 5.33. The molecule has 19 heavy (non-hydrogen) atoms. The molecule has 0 fully saturated rings. The maximum absolute atomic E-state index is 5.70. The van der Waals surface area contributed by atoms with Crippen LogP contribution in [-0.4, -0.2) is 16.5 Å². The Labute approximate surface area is 115 Å². The predicted molar refractivity (Wildman–Crippen MR) is 81.3 cm³/mol. The SMILES string of the molecule is CC(C)Cc1nc2ccc(C(C)(C)CCN)cc2[nH]1. The van der Waals surface area contributed by atoms with E-state index in [0.717, 1.165) is 29.7 Å². The lowest BCUT2D eigenvalue weighted by atomic mass is 9.81. The summed E-state index contributed by atoms with van der Waals surface area (Å²) in [6, 6.07) is 6.52. The summed E-state index contributed by atoms with van der Waals surface area (Å²) in [6.45, 7) is 9.62. The molecule has 0 amide bonds. The maximum atomic E-state index is 5.70. The molecule has 0 saturated heterocycles. The van der Waals surface area contributed by atoms with Gasteiger partial charge >= 0.3 is 0 Å². The molecule has 104 valence electrons. The summed E-state index contributed by atoms with van der Waals surface area (Å²) in [4.78, 5) is 8.08. The van der Waals surface area contributed by atoms with E-state index in [1.54, 1.807) is 0 Å². The number of fused-ring (bicyclic) bond motifs is 1. The second-order valence-corrected chi connectivity index (χ2v) is 6.44. The molecular formula is C16H25N3. The molecule has 0 bridgehead atoms. The van der Waals surface area contributed by atoms with Crippen molar-refractivity contribution in [3.63, 3.8) is 0 Å². The van der Waals surface area contributed by atoms with Gasteiger partial charge in [-0.2, -0.15) is 0 Å². The van der Waals surface area contributed by atoms with E-state index in [1.807, 2.05) is 0 Å². The summed E-state index contributed by atoms with van der Waals surface area (Å²) in [5.41, 5.74) is 9.34.